The summed E-state index contributed by atoms with van der Waals surface area (Å²) in [5.74, 6) is 0. The Labute approximate surface area is 96.5 Å². The van der Waals surface area contributed by atoms with E-state index in [0.717, 1.165) is 25.0 Å². The highest BCUT2D eigenvalue weighted by molar-refractivity contribution is 5.77. The highest BCUT2D eigenvalue weighted by Crippen LogP contribution is 2.18. The molecule has 1 aromatic heterocycles. The van der Waals surface area contributed by atoms with Crippen LogP contribution in [0.3, 0.4) is 0 Å². The lowest BCUT2D eigenvalue weighted by atomic mass is 10.1. The molecular formula is C13H19N3. The Balaban J connectivity index is 2.29. The SMILES string of the molecule is CNCCCn1cnc2cc(C)c(C)cc21. The molecule has 0 aliphatic carbocycles. The van der Waals surface area contributed by atoms with Crippen LogP contribution in [0.1, 0.15) is 17.5 Å². The number of aromatic nitrogens is 2. The van der Waals surface area contributed by atoms with E-state index in [1.54, 1.807) is 0 Å². The largest absolute Gasteiger partial charge is 0.331 e. The Morgan fingerprint density at radius 2 is 2.00 bits per heavy atom. The summed E-state index contributed by atoms with van der Waals surface area (Å²) in [5, 5.41) is 3.16. The molecule has 0 saturated heterocycles. The number of nitrogens with one attached hydrogen (secondary N) is 1. The summed E-state index contributed by atoms with van der Waals surface area (Å²) in [6.45, 7) is 6.36. The molecule has 16 heavy (non-hydrogen) atoms. The van der Waals surface area contributed by atoms with Crippen LogP contribution in [0.2, 0.25) is 0 Å². The van der Waals surface area contributed by atoms with Crippen molar-refractivity contribution in [2.75, 3.05) is 13.6 Å². The van der Waals surface area contributed by atoms with Crippen molar-refractivity contribution in [3.63, 3.8) is 0 Å². The highest BCUT2D eigenvalue weighted by Gasteiger charge is 2.04. The fraction of sp³-hybridized carbons (Fsp3) is 0.462. The van der Waals surface area contributed by atoms with E-state index >= 15 is 0 Å². The Hall–Kier alpha value is -1.35. The topological polar surface area (TPSA) is 29.9 Å². The Bertz CT molecular complexity index is 485. The van der Waals surface area contributed by atoms with Crippen LogP contribution in [0, 0.1) is 13.8 Å². The van der Waals surface area contributed by atoms with Gasteiger partial charge in [0.1, 0.15) is 0 Å². The second-order valence-corrected chi connectivity index (χ2v) is 4.32. The predicted molar refractivity (Wildman–Crippen MR) is 67.8 cm³/mol. The minimum absolute atomic E-state index is 1.03. The van der Waals surface area contributed by atoms with Crippen molar-refractivity contribution >= 4 is 11.0 Å². The zero-order valence-electron chi connectivity index (χ0n) is 10.2. The molecule has 0 saturated carbocycles. The minimum Gasteiger partial charge on any atom is -0.331 e. The molecule has 0 amide bonds. The third kappa shape index (κ3) is 2.09. The number of hydrogen-bond acceptors (Lipinski definition) is 2. The van der Waals surface area contributed by atoms with E-state index in [1.807, 2.05) is 13.4 Å². The summed E-state index contributed by atoms with van der Waals surface area (Å²) >= 11 is 0. The number of imidazole rings is 1. The lowest BCUT2D eigenvalue weighted by molar-refractivity contribution is 0.624. The molecule has 0 aliphatic rings. The van der Waals surface area contributed by atoms with Gasteiger partial charge in [-0.2, -0.15) is 0 Å². The molecule has 0 aliphatic heterocycles. The van der Waals surface area contributed by atoms with Gasteiger partial charge in [-0.3, -0.25) is 0 Å². The van der Waals surface area contributed by atoms with Crippen LogP contribution in [0.15, 0.2) is 18.5 Å². The van der Waals surface area contributed by atoms with Crippen molar-refractivity contribution in [3.05, 3.63) is 29.6 Å². The standard InChI is InChI=1S/C13H19N3/c1-10-7-12-13(8-11(10)2)16(9-15-12)6-4-5-14-3/h7-9,14H,4-6H2,1-3H3. The summed E-state index contributed by atoms with van der Waals surface area (Å²) in [7, 11) is 1.99. The van der Waals surface area contributed by atoms with Gasteiger partial charge in [-0.15, -0.1) is 0 Å². The van der Waals surface area contributed by atoms with Crippen LogP contribution in [-0.4, -0.2) is 23.1 Å². The molecule has 1 aromatic carbocycles. The quantitative estimate of drug-likeness (QED) is 0.796. The average Bonchev–Trinajstić information content (AvgIpc) is 2.63. The van der Waals surface area contributed by atoms with E-state index in [-0.39, 0.29) is 0 Å². The summed E-state index contributed by atoms with van der Waals surface area (Å²) in [5.41, 5.74) is 5.00. The van der Waals surface area contributed by atoms with E-state index in [0.29, 0.717) is 0 Å². The molecular weight excluding hydrogens is 198 g/mol. The highest BCUT2D eigenvalue weighted by atomic mass is 15.0. The van der Waals surface area contributed by atoms with E-state index in [9.17, 15) is 0 Å². The van der Waals surface area contributed by atoms with Gasteiger partial charge in [0.15, 0.2) is 0 Å². The van der Waals surface area contributed by atoms with Crippen molar-refractivity contribution in [1.82, 2.24) is 14.9 Å². The maximum absolute atomic E-state index is 4.44. The molecule has 2 aromatic rings. The third-order valence-electron chi connectivity index (χ3n) is 3.06. The normalized spacial score (nSPS) is 11.2. The molecule has 3 nitrogen and oxygen atoms in total. The first-order valence-electron chi connectivity index (χ1n) is 5.79. The number of aryl methyl sites for hydroxylation is 3. The van der Waals surface area contributed by atoms with Crippen LogP contribution in [0.4, 0.5) is 0 Å². The zero-order valence-corrected chi connectivity index (χ0v) is 10.2. The van der Waals surface area contributed by atoms with Crippen LogP contribution < -0.4 is 5.32 Å². The lowest BCUT2D eigenvalue weighted by Gasteiger charge is -2.05. The van der Waals surface area contributed by atoms with Gasteiger partial charge in [0.25, 0.3) is 0 Å². The second kappa shape index (κ2) is 4.66. The summed E-state index contributed by atoms with van der Waals surface area (Å²) in [6, 6.07) is 4.40. The van der Waals surface area contributed by atoms with Crippen LogP contribution in [0.5, 0.6) is 0 Å². The summed E-state index contributed by atoms with van der Waals surface area (Å²) < 4.78 is 2.24. The zero-order chi connectivity index (χ0) is 11.5. The van der Waals surface area contributed by atoms with Crippen LogP contribution >= 0.6 is 0 Å². The monoisotopic (exact) mass is 217 g/mol. The Morgan fingerprint density at radius 1 is 1.25 bits per heavy atom. The number of fused-ring (bicyclic) bond motifs is 1. The molecule has 0 radical (unpaired) electrons. The second-order valence-electron chi connectivity index (χ2n) is 4.32. The molecule has 0 unspecified atom stereocenters. The van der Waals surface area contributed by atoms with Crippen molar-refractivity contribution in [2.24, 2.45) is 0 Å². The van der Waals surface area contributed by atoms with Gasteiger partial charge in [0.05, 0.1) is 17.4 Å². The maximum Gasteiger partial charge on any atom is 0.0958 e. The number of nitrogens with zero attached hydrogens (tertiary/aromatic N) is 2. The Morgan fingerprint density at radius 3 is 2.75 bits per heavy atom. The fourth-order valence-electron chi connectivity index (χ4n) is 1.92. The first kappa shape index (κ1) is 11.1. The number of benzene rings is 1. The molecule has 1 heterocycles. The van der Waals surface area contributed by atoms with E-state index < -0.39 is 0 Å². The van der Waals surface area contributed by atoms with Gasteiger partial charge >= 0.3 is 0 Å². The minimum atomic E-state index is 1.03. The van der Waals surface area contributed by atoms with Crippen LogP contribution in [0.25, 0.3) is 11.0 Å². The van der Waals surface area contributed by atoms with Crippen molar-refractivity contribution < 1.29 is 0 Å². The van der Waals surface area contributed by atoms with Gasteiger partial charge < -0.3 is 9.88 Å². The predicted octanol–water partition coefficient (Wildman–Crippen LogP) is 2.26. The van der Waals surface area contributed by atoms with Gasteiger partial charge in [-0.25, -0.2) is 4.98 Å². The molecule has 0 spiro atoms. The Kier molecular flexibility index (Phi) is 3.25. The lowest BCUT2D eigenvalue weighted by Crippen LogP contribution is -2.10. The molecule has 86 valence electrons. The smallest absolute Gasteiger partial charge is 0.0958 e. The third-order valence-corrected chi connectivity index (χ3v) is 3.06. The number of rotatable bonds is 4. The van der Waals surface area contributed by atoms with Crippen molar-refractivity contribution in [3.8, 4) is 0 Å². The molecule has 0 atom stereocenters. The molecule has 0 fully saturated rings. The van der Waals surface area contributed by atoms with Crippen LogP contribution in [-0.2, 0) is 6.54 Å². The molecule has 3 heteroatoms. The molecule has 2 rings (SSSR count). The van der Waals surface area contributed by atoms with Gasteiger partial charge in [-0.05, 0) is 57.1 Å². The first-order chi connectivity index (χ1) is 7.72. The molecule has 1 N–H and O–H groups in total. The van der Waals surface area contributed by atoms with Crippen molar-refractivity contribution in [1.29, 1.82) is 0 Å². The maximum atomic E-state index is 4.44. The summed E-state index contributed by atoms with van der Waals surface area (Å²) in [4.78, 5) is 4.44. The van der Waals surface area contributed by atoms with E-state index in [4.69, 9.17) is 0 Å². The van der Waals surface area contributed by atoms with Crippen molar-refractivity contribution in [2.45, 2.75) is 26.8 Å². The fourth-order valence-corrected chi connectivity index (χ4v) is 1.92. The van der Waals surface area contributed by atoms with Gasteiger partial charge in [0, 0.05) is 6.54 Å². The van der Waals surface area contributed by atoms with E-state index in [1.165, 1.54) is 16.6 Å². The first-order valence-corrected chi connectivity index (χ1v) is 5.79. The van der Waals surface area contributed by atoms with Gasteiger partial charge in [-0.1, -0.05) is 0 Å². The average molecular weight is 217 g/mol. The van der Waals surface area contributed by atoms with Gasteiger partial charge in [0.2, 0.25) is 0 Å². The molecule has 0 bridgehead atoms. The number of hydrogen-bond donors (Lipinski definition) is 1. The summed E-state index contributed by atoms with van der Waals surface area (Å²) in [6.07, 6.45) is 3.08. The van der Waals surface area contributed by atoms with E-state index in [2.05, 4.69) is 40.8 Å².